The molecule has 0 unspecified atom stereocenters. The normalized spacial score (nSPS) is 10.3. The number of aryl methyl sites for hydroxylation is 1. The first-order valence-electron chi connectivity index (χ1n) is 5.45. The van der Waals surface area contributed by atoms with E-state index in [1.165, 1.54) is 11.8 Å². The fraction of sp³-hybridized carbons (Fsp3) is 0.273. The minimum Gasteiger partial charge on any atom is -0.495 e. The second-order valence-electron chi connectivity index (χ2n) is 3.79. The van der Waals surface area contributed by atoms with E-state index in [4.69, 9.17) is 16.3 Å². The first-order valence-corrected chi connectivity index (χ1v) is 5.82. The maximum Gasteiger partial charge on any atom is 0.232 e. The lowest BCUT2D eigenvalue weighted by Gasteiger charge is -2.07. The summed E-state index contributed by atoms with van der Waals surface area (Å²) in [7, 11) is 3.20. The van der Waals surface area contributed by atoms with Gasteiger partial charge < -0.3 is 10.1 Å². The van der Waals surface area contributed by atoms with Crippen LogP contribution in [0.1, 0.15) is 5.82 Å². The van der Waals surface area contributed by atoms with Crippen LogP contribution in [0, 0.1) is 0 Å². The summed E-state index contributed by atoms with van der Waals surface area (Å²) in [5.74, 6) is 0.813. The van der Waals surface area contributed by atoms with Crippen LogP contribution < -0.4 is 10.1 Å². The number of halogens is 1. The van der Waals surface area contributed by atoms with Crippen LogP contribution in [0.4, 0.5) is 5.69 Å². The number of carbonyl (C=O) groups excluding carboxylic acids is 1. The molecule has 0 aliphatic heterocycles. The van der Waals surface area contributed by atoms with Crippen molar-refractivity contribution in [2.45, 2.75) is 6.42 Å². The summed E-state index contributed by atoms with van der Waals surface area (Å²) in [4.78, 5) is 11.8. The first-order chi connectivity index (χ1) is 9.10. The molecule has 0 fully saturated rings. The number of hydrogen-bond acceptors (Lipinski definition) is 5. The van der Waals surface area contributed by atoms with E-state index in [0.29, 0.717) is 22.3 Å². The van der Waals surface area contributed by atoms with Gasteiger partial charge in [0.2, 0.25) is 5.91 Å². The van der Waals surface area contributed by atoms with Gasteiger partial charge in [0.25, 0.3) is 0 Å². The van der Waals surface area contributed by atoms with E-state index < -0.39 is 0 Å². The highest BCUT2D eigenvalue weighted by Gasteiger charge is 2.10. The summed E-state index contributed by atoms with van der Waals surface area (Å²) in [6, 6.07) is 5.01. The van der Waals surface area contributed by atoms with E-state index in [-0.39, 0.29) is 12.3 Å². The van der Waals surface area contributed by atoms with Crippen LogP contribution in [-0.2, 0) is 18.3 Å². The van der Waals surface area contributed by atoms with Gasteiger partial charge in [0.15, 0.2) is 5.82 Å². The Morgan fingerprint density at radius 3 is 2.89 bits per heavy atom. The average molecular weight is 282 g/mol. The molecule has 100 valence electrons. The molecule has 2 rings (SSSR count). The van der Waals surface area contributed by atoms with E-state index in [1.807, 2.05) is 0 Å². The smallest absolute Gasteiger partial charge is 0.232 e. The molecule has 0 aliphatic carbocycles. The lowest BCUT2D eigenvalue weighted by Crippen LogP contribution is -2.17. The summed E-state index contributed by atoms with van der Waals surface area (Å²) in [6.07, 6.45) is 0.0904. The molecule has 1 aromatic carbocycles. The predicted octanol–water partition coefficient (Wildman–Crippen LogP) is 1.05. The predicted molar refractivity (Wildman–Crippen MR) is 69.1 cm³/mol. The van der Waals surface area contributed by atoms with Crippen molar-refractivity contribution in [1.29, 1.82) is 0 Å². The number of methoxy groups -OCH3 is 1. The summed E-state index contributed by atoms with van der Waals surface area (Å²) in [5.41, 5.74) is 0.589. The van der Waals surface area contributed by atoms with E-state index in [9.17, 15) is 4.79 Å². The molecule has 0 bridgehead atoms. The van der Waals surface area contributed by atoms with E-state index in [2.05, 4.69) is 20.8 Å². The van der Waals surface area contributed by atoms with Crippen LogP contribution in [0.15, 0.2) is 18.2 Å². The van der Waals surface area contributed by atoms with Gasteiger partial charge in [-0.1, -0.05) is 11.6 Å². The number of tetrazole rings is 1. The number of amides is 1. The zero-order chi connectivity index (χ0) is 13.8. The molecule has 2 aromatic rings. The second kappa shape index (κ2) is 5.66. The summed E-state index contributed by atoms with van der Waals surface area (Å²) >= 11 is 5.97. The molecule has 1 amide bonds. The van der Waals surface area contributed by atoms with Gasteiger partial charge in [0.1, 0.15) is 5.75 Å². The molecule has 19 heavy (non-hydrogen) atoms. The first kappa shape index (κ1) is 13.3. The van der Waals surface area contributed by atoms with Crippen molar-refractivity contribution in [1.82, 2.24) is 20.2 Å². The molecule has 0 atom stereocenters. The number of hydrogen-bond donors (Lipinski definition) is 1. The Morgan fingerprint density at radius 1 is 1.53 bits per heavy atom. The van der Waals surface area contributed by atoms with Crippen molar-refractivity contribution in [3.05, 3.63) is 29.0 Å². The minimum absolute atomic E-state index is 0.0904. The molecule has 7 nitrogen and oxygen atoms in total. The minimum atomic E-state index is -0.223. The quantitative estimate of drug-likeness (QED) is 0.906. The topological polar surface area (TPSA) is 81.9 Å². The number of ether oxygens (including phenoxy) is 1. The standard InChI is InChI=1S/C11H12ClN5O2/c1-17-10(14-15-16-17)6-11(18)13-7-3-4-9(19-2)8(12)5-7/h3-5H,6H2,1-2H3,(H,13,18). The second-order valence-corrected chi connectivity index (χ2v) is 4.20. The summed E-state index contributed by atoms with van der Waals surface area (Å²) in [5, 5.41) is 14.0. The van der Waals surface area contributed by atoms with Gasteiger partial charge >= 0.3 is 0 Å². The van der Waals surface area contributed by atoms with Crippen molar-refractivity contribution < 1.29 is 9.53 Å². The number of anilines is 1. The molecule has 1 heterocycles. The number of carbonyl (C=O) groups is 1. The lowest BCUT2D eigenvalue weighted by atomic mass is 10.3. The molecular weight excluding hydrogens is 270 g/mol. The Hall–Kier alpha value is -2.15. The Balaban J connectivity index is 2.03. The van der Waals surface area contributed by atoms with E-state index in [0.717, 1.165) is 0 Å². The molecule has 1 aromatic heterocycles. The number of nitrogens with one attached hydrogen (secondary N) is 1. The highest BCUT2D eigenvalue weighted by Crippen LogP contribution is 2.27. The van der Waals surface area contributed by atoms with Crippen LogP contribution in [-0.4, -0.2) is 33.2 Å². The monoisotopic (exact) mass is 281 g/mol. The fourth-order valence-electron chi connectivity index (χ4n) is 1.49. The van der Waals surface area contributed by atoms with Crippen LogP contribution >= 0.6 is 11.6 Å². The van der Waals surface area contributed by atoms with Crippen molar-refractivity contribution in [2.75, 3.05) is 12.4 Å². The molecule has 1 N–H and O–H groups in total. The maximum atomic E-state index is 11.8. The van der Waals surface area contributed by atoms with Crippen LogP contribution in [0.25, 0.3) is 0 Å². The average Bonchev–Trinajstić information content (AvgIpc) is 2.75. The van der Waals surface area contributed by atoms with Gasteiger partial charge in [-0.15, -0.1) is 5.10 Å². The maximum absolute atomic E-state index is 11.8. The Kier molecular flexibility index (Phi) is 3.96. The number of nitrogens with zero attached hydrogens (tertiary/aromatic N) is 4. The SMILES string of the molecule is COc1ccc(NC(=O)Cc2nnnn2C)cc1Cl. The third-order valence-corrected chi connectivity index (χ3v) is 2.76. The molecule has 8 heteroatoms. The van der Waals surface area contributed by atoms with Crippen molar-refractivity contribution >= 4 is 23.2 Å². The zero-order valence-electron chi connectivity index (χ0n) is 10.4. The number of rotatable bonds is 4. The third-order valence-electron chi connectivity index (χ3n) is 2.46. The van der Waals surface area contributed by atoms with Gasteiger partial charge in [-0.25, -0.2) is 4.68 Å². The third kappa shape index (κ3) is 3.19. The molecule has 0 spiro atoms. The lowest BCUT2D eigenvalue weighted by molar-refractivity contribution is -0.115. The van der Waals surface area contributed by atoms with Gasteiger partial charge in [-0.05, 0) is 28.6 Å². The highest BCUT2D eigenvalue weighted by molar-refractivity contribution is 6.32. The van der Waals surface area contributed by atoms with Crippen molar-refractivity contribution in [3.63, 3.8) is 0 Å². The van der Waals surface area contributed by atoms with E-state index in [1.54, 1.807) is 25.2 Å². The molecule has 0 aliphatic rings. The summed E-state index contributed by atoms with van der Waals surface area (Å²) < 4.78 is 6.48. The van der Waals surface area contributed by atoms with Crippen LogP contribution in [0.2, 0.25) is 5.02 Å². The molecule has 0 radical (unpaired) electrons. The van der Waals surface area contributed by atoms with E-state index >= 15 is 0 Å². The van der Waals surface area contributed by atoms with Crippen molar-refractivity contribution in [2.24, 2.45) is 7.05 Å². The summed E-state index contributed by atoms with van der Waals surface area (Å²) in [6.45, 7) is 0. The molecule has 0 saturated carbocycles. The number of benzene rings is 1. The largest absolute Gasteiger partial charge is 0.495 e. The highest BCUT2D eigenvalue weighted by atomic mass is 35.5. The van der Waals surface area contributed by atoms with Gasteiger partial charge in [-0.3, -0.25) is 4.79 Å². The molecule has 0 saturated heterocycles. The van der Waals surface area contributed by atoms with Crippen molar-refractivity contribution in [3.8, 4) is 5.75 Å². The van der Waals surface area contributed by atoms with Crippen LogP contribution in [0.5, 0.6) is 5.75 Å². The van der Waals surface area contributed by atoms with Gasteiger partial charge in [-0.2, -0.15) is 0 Å². The Bertz CT molecular complexity index is 599. The zero-order valence-corrected chi connectivity index (χ0v) is 11.2. The Labute approximate surface area is 114 Å². The Morgan fingerprint density at radius 2 is 2.32 bits per heavy atom. The van der Waals surface area contributed by atoms with Crippen LogP contribution in [0.3, 0.4) is 0 Å². The van der Waals surface area contributed by atoms with Gasteiger partial charge in [0.05, 0.1) is 18.6 Å². The fourth-order valence-corrected chi connectivity index (χ4v) is 1.75. The molecular formula is C11H12ClN5O2. The number of aromatic nitrogens is 4. The van der Waals surface area contributed by atoms with Gasteiger partial charge in [0, 0.05) is 12.7 Å².